The predicted octanol–water partition coefficient (Wildman–Crippen LogP) is 3.94. The molecule has 4 heteroatoms. The molecule has 0 aliphatic rings. The van der Waals surface area contributed by atoms with Crippen LogP contribution in [0.5, 0.6) is 5.75 Å². The molecule has 20 heavy (non-hydrogen) atoms. The summed E-state index contributed by atoms with van der Waals surface area (Å²) in [7, 11) is 0. The summed E-state index contributed by atoms with van der Waals surface area (Å²) in [4.78, 5) is 10.5. The number of rotatable bonds is 6. The van der Waals surface area contributed by atoms with E-state index >= 15 is 0 Å². The van der Waals surface area contributed by atoms with Crippen LogP contribution in [-0.4, -0.2) is 11.1 Å². The average Bonchev–Trinajstić information content (AvgIpc) is 2.45. The van der Waals surface area contributed by atoms with Crippen LogP contribution in [0.25, 0.3) is 0 Å². The van der Waals surface area contributed by atoms with Gasteiger partial charge in [-0.1, -0.05) is 48.0 Å². The maximum atomic E-state index is 10.5. The Morgan fingerprint density at radius 3 is 2.50 bits per heavy atom. The number of halogens is 1. The van der Waals surface area contributed by atoms with Crippen molar-refractivity contribution in [1.29, 1.82) is 0 Å². The van der Waals surface area contributed by atoms with Crippen molar-refractivity contribution in [2.45, 2.75) is 19.4 Å². The smallest absolute Gasteiger partial charge is 0.303 e. The van der Waals surface area contributed by atoms with Gasteiger partial charge in [0, 0.05) is 6.42 Å². The summed E-state index contributed by atoms with van der Waals surface area (Å²) < 4.78 is 5.66. The van der Waals surface area contributed by atoms with E-state index < -0.39 is 5.97 Å². The van der Waals surface area contributed by atoms with Gasteiger partial charge in [-0.2, -0.15) is 0 Å². The van der Waals surface area contributed by atoms with Crippen LogP contribution in [0.3, 0.4) is 0 Å². The minimum atomic E-state index is -0.814. The van der Waals surface area contributed by atoms with Crippen molar-refractivity contribution in [2.24, 2.45) is 0 Å². The molecule has 0 aliphatic heterocycles. The van der Waals surface area contributed by atoms with Crippen LogP contribution in [0.2, 0.25) is 5.02 Å². The Labute approximate surface area is 122 Å². The molecular weight excluding hydrogens is 276 g/mol. The van der Waals surface area contributed by atoms with Gasteiger partial charge in [-0.05, 0) is 29.7 Å². The molecule has 104 valence electrons. The average molecular weight is 291 g/mol. The summed E-state index contributed by atoms with van der Waals surface area (Å²) in [5.74, 6) is -0.208. The molecule has 2 aromatic carbocycles. The van der Waals surface area contributed by atoms with Crippen LogP contribution >= 0.6 is 11.6 Å². The number of hydrogen-bond acceptors (Lipinski definition) is 2. The molecule has 2 aromatic rings. The lowest BCUT2D eigenvalue weighted by Gasteiger charge is -2.09. The molecule has 1 N–H and O–H groups in total. The lowest BCUT2D eigenvalue weighted by atomic mass is 10.1. The highest BCUT2D eigenvalue weighted by Crippen LogP contribution is 2.26. The van der Waals surface area contributed by atoms with Crippen LogP contribution in [-0.2, 0) is 17.8 Å². The van der Waals surface area contributed by atoms with Gasteiger partial charge in [-0.3, -0.25) is 4.79 Å². The van der Waals surface area contributed by atoms with Gasteiger partial charge in [0.25, 0.3) is 0 Å². The number of ether oxygens (including phenoxy) is 1. The summed E-state index contributed by atoms with van der Waals surface area (Å²) in [5.41, 5.74) is 1.96. The van der Waals surface area contributed by atoms with Crippen LogP contribution in [0.15, 0.2) is 48.5 Å². The largest absolute Gasteiger partial charge is 0.487 e. The number of hydrogen-bond donors (Lipinski definition) is 1. The number of carboxylic acids is 1. The van der Waals surface area contributed by atoms with Gasteiger partial charge in [0.1, 0.15) is 12.4 Å². The fraction of sp³-hybridized carbons (Fsp3) is 0.188. The normalized spacial score (nSPS) is 10.2. The summed E-state index contributed by atoms with van der Waals surface area (Å²) in [6.45, 7) is 0.453. The van der Waals surface area contributed by atoms with E-state index in [0.717, 1.165) is 11.1 Å². The highest BCUT2D eigenvalue weighted by molar-refractivity contribution is 6.32. The molecule has 0 atom stereocenters. The second-order valence-corrected chi connectivity index (χ2v) is 4.84. The van der Waals surface area contributed by atoms with Crippen molar-refractivity contribution >= 4 is 17.6 Å². The van der Waals surface area contributed by atoms with E-state index in [2.05, 4.69) is 0 Å². The van der Waals surface area contributed by atoms with Crippen molar-refractivity contribution in [2.75, 3.05) is 0 Å². The zero-order chi connectivity index (χ0) is 14.4. The number of carboxylic acid groups (broad SMARTS) is 1. The van der Waals surface area contributed by atoms with E-state index in [0.29, 0.717) is 23.8 Å². The van der Waals surface area contributed by atoms with E-state index in [9.17, 15) is 4.79 Å². The van der Waals surface area contributed by atoms with Crippen molar-refractivity contribution in [3.8, 4) is 5.75 Å². The Bertz CT molecular complexity index is 582. The number of aryl methyl sites for hydroxylation is 1. The van der Waals surface area contributed by atoms with Crippen molar-refractivity contribution in [3.05, 3.63) is 64.7 Å². The van der Waals surface area contributed by atoms with E-state index in [-0.39, 0.29) is 6.42 Å². The maximum Gasteiger partial charge on any atom is 0.303 e. The summed E-state index contributed by atoms with van der Waals surface area (Å²) in [6.07, 6.45) is 0.564. The van der Waals surface area contributed by atoms with Gasteiger partial charge in [-0.15, -0.1) is 0 Å². The first kappa shape index (κ1) is 14.4. The zero-order valence-corrected chi connectivity index (χ0v) is 11.6. The molecule has 0 radical (unpaired) electrons. The van der Waals surface area contributed by atoms with Gasteiger partial charge in [0.2, 0.25) is 0 Å². The van der Waals surface area contributed by atoms with Crippen LogP contribution in [0.1, 0.15) is 17.5 Å². The first-order chi connectivity index (χ1) is 9.65. The van der Waals surface area contributed by atoms with Crippen LogP contribution in [0.4, 0.5) is 0 Å². The minimum Gasteiger partial charge on any atom is -0.487 e. The first-order valence-corrected chi connectivity index (χ1v) is 6.70. The zero-order valence-electron chi connectivity index (χ0n) is 10.9. The molecule has 3 nitrogen and oxygen atoms in total. The molecule has 0 spiro atoms. The predicted molar refractivity (Wildman–Crippen MR) is 78.2 cm³/mol. The third-order valence-electron chi connectivity index (χ3n) is 2.86. The molecule has 0 fully saturated rings. The minimum absolute atomic E-state index is 0.0978. The fourth-order valence-corrected chi connectivity index (χ4v) is 2.06. The molecule has 0 aromatic heterocycles. The standard InChI is InChI=1S/C16H15ClO3/c17-14-10-12(7-9-16(18)19)6-8-15(14)20-11-13-4-2-1-3-5-13/h1-6,8,10H,7,9,11H2,(H,18,19). The lowest BCUT2D eigenvalue weighted by Crippen LogP contribution is -1.99. The van der Waals surface area contributed by atoms with Gasteiger partial charge in [0.15, 0.2) is 0 Å². The van der Waals surface area contributed by atoms with Gasteiger partial charge >= 0.3 is 5.97 Å². The molecule has 2 rings (SSSR count). The van der Waals surface area contributed by atoms with Crippen molar-refractivity contribution in [3.63, 3.8) is 0 Å². The first-order valence-electron chi connectivity index (χ1n) is 6.32. The molecule has 0 saturated heterocycles. The van der Waals surface area contributed by atoms with E-state index in [1.165, 1.54) is 0 Å². The maximum absolute atomic E-state index is 10.5. The van der Waals surface area contributed by atoms with E-state index in [4.69, 9.17) is 21.4 Å². The van der Waals surface area contributed by atoms with Gasteiger partial charge < -0.3 is 9.84 Å². The highest BCUT2D eigenvalue weighted by atomic mass is 35.5. The van der Waals surface area contributed by atoms with Crippen molar-refractivity contribution < 1.29 is 14.6 Å². The lowest BCUT2D eigenvalue weighted by molar-refractivity contribution is -0.136. The number of carbonyl (C=O) groups is 1. The molecule has 0 aliphatic carbocycles. The third kappa shape index (κ3) is 4.28. The molecule has 0 heterocycles. The van der Waals surface area contributed by atoms with Crippen molar-refractivity contribution in [1.82, 2.24) is 0 Å². The fourth-order valence-electron chi connectivity index (χ4n) is 1.80. The molecule has 0 saturated carbocycles. The van der Waals surface area contributed by atoms with Gasteiger partial charge in [0.05, 0.1) is 5.02 Å². The summed E-state index contributed by atoms with van der Waals surface area (Å²) >= 11 is 6.14. The SMILES string of the molecule is O=C(O)CCc1ccc(OCc2ccccc2)c(Cl)c1. The quantitative estimate of drug-likeness (QED) is 0.876. The Morgan fingerprint density at radius 1 is 1.10 bits per heavy atom. The van der Waals surface area contributed by atoms with E-state index in [1.807, 2.05) is 36.4 Å². The molecule has 0 unspecified atom stereocenters. The topological polar surface area (TPSA) is 46.5 Å². The summed E-state index contributed by atoms with van der Waals surface area (Å²) in [6, 6.07) is 15.2. The number of benzene rings is 2. The monoisotopic (exact) mass is 290 g/mol. The Balaban J connectivity index is 1.97. The number of aliphatic carboxylic acids is 1. The Hall–Kier alpha value is -2.00. The third-order valence-corrected chi connectivity index (χ3v) is 3.16. The van der Waals surface area contributed by atoms with Crippen LogP contribution < -0.4 is 4.74 Å². The van der Waals surface area contributed by atoms with Crippen LogP contribution in [0, 0.1) is 0 Å². The molecular formula is C16H15ClO3. The Morgan fingerprint density at radius 2 is 1.85 bits per heavy atom. The van der Waals surface area contributed by atoms with Gasteiger partial charge in [-0.25, -0.2) is 0 Å². The second kappa shape index (κ2) is 6.96. The Kier molecular flexibility index (Phi) is 5.02. The molecule has 0 bridgehead atoms. The van der Waals surface area contributed by atoms with E-state index in [1.54, 1.807) is 12.1 Å². The second-order valence-electron chi connectivity index (χ2n) is 4.43. The highest BCUT2D eigenvalue weighted by Gasteiger charge is 2.05. The summed E-state index contributed by atoms with van der Waals surface area (Å²) in [5, 5.41) is 9.15. The molecule has 0 amide bonds.